The van der Waals surface area contributed by atoms with Crippen molar-refractivity contribution < 1.29 is 9.53 Å². The summed E-state index contributed by atoms with van der Waals surface area (Å²) in [6.07, 6.45) is 2.74. The number of halogens is 1. The van der Waals surface area contributed by atoms with Gasteiger partial charge in [0.25, 0.3) is 11.5 Å². The first-order chi connectivity index (χ1) is 16.4. The summed E-state index contributed by atoms with van der Waals surface area (Å²) >= 11 is 5.97. The lowest BCUT2D eigenvalue weighted by atomic mass is 10.1. The number of pyridine rings is 1. The first-order valence-corrected chi connectivity index (χ1v) is 10.7. The molecule has 168 valence electrons. The van der Waals surface area contributed by atoms with E-state index in [4.69, 9.17) is 16.3 Å². The van der Waals surface area contributed by atoms with Gasteiger partial charge >= 0.3 is 0 Å². The maximum atomic E-state index is 13.3. The van der Waals surface area contributed by atoms with Crippen LogP contribution in [0, 0.1) is 25.2 Å². The van der Waals surface area contributed by atoms with Gasteiger partial charge in [-0.15, -0.1) is 0 Å². The van der Waals surface area contributed by atoms with Crippen LogP contribution in [0.2, 0.25) is 5.02 Å². The van der Waals surface area contributed by atoms with E-state index in [1.807, 2.05) is 32.0 Å². The highest BCUT2D eigenvalue weighted by atomic mass is 35.5. The molecule has 0 bridgehead atoms. The Kier molecular flexibility index (Phi) is 6.44. The number of hydrogen-bond donors (Lipinski definition) is 1. The summed E-state index contributed by atoms with van der Waals surface area (Å²) in [7, 11) is 0. The molecule has 0 saturated carbocycles. The van der Waals surface area contributed by atoms with Crippen LogP contribution in [-0.4, -0.2) is 15.3 Å². The lowest BCUT2D eigenvalue weighted by molar-refractivity contribution is -0.112. The second kappa shape index (κ2) is 9.61. The minimum atomic E-state index is -0.695. The fourth-order valence-electron chi connectivity index (χ4n) is 3.36. The molecule has 1 N–H and O–H groups in total. The predicted octanol–water partition coefficient (Wildman–Crippen LogP) is 5.30. The second-order valence-electron chi connectivity index (χ2n) is 7.57. The van der Waals surface area contributed by atoms with Crippen LogP contribution >= 0.6 is 11.6 Å². The van der Waals surface area contributed by atoms with Gasteiger partial charge in [0.2, 0.25) is 5.88 Å². The van der Waals surface area contributed by atoms with E-state index >= 15 is 0 Å². The zero-order chi connectivity index (χ0) is 24.2. The summed E-state index contributed by atoms with van der Waals surface area (Å²) in [6, 6.07) is 19.1. The molecule has 0 aliphatic heterocycles. The molecule has 0 aliphatic rings. The number of nitriles is 1. The van der Waals surface area contributed by atoms with E-state index in [9.17, 15) is 14.9 Å². The zero-order valence-electron chi connectivity index (χ0n) is 18.4. The molecule has 1 amide bonds. The average molecular weight is 471 g/mol. The Bertz CT molecular complexity index is 1550. The van der Waals surface area contributed by atoms with Crippen molar-refractivity contribution in [2.75, 3.05) is 5.32 Å². The quantitative estimate of drug-likeness (QED) is 0.315. The van der Waals surface area contributed by atoms with Crippen LogP contribution in [0.25, 0.3) is 11.7 Å². The molecule has 8 heteroatoms. The number of aromatic nitrogens is 2. The number of rotatable bonds is 5. The smallest absolute Gasteiger partial charge is 0.269 e. The van der Waals surface area contributed by atoms with Crippen molar-refractivity contribution in [1.29, 1.82) is 5.26 Å². The molecule has 2 aromatic heterocycles. The van der Waals surface area contributed by atoms with Crippen LogP contribution in [0.15, 0.2) is 77.2 Å². The number of benzene rings is 2. The monoisotopic (exact) mass is 470 g/mol. The Morgan fingerprint density at radius 1 is 1.15 bits per heavy atom. The lowest BCUT2D eigenvalue weighted by Gasteiger charge is -2.12. The van der Waals surface area contributed by atoms with Gasteiger partial charge in [-0.3, -0.25) is 14.0 Å². The van der Waals surface area contributed by atoms with Gasteiger partial charge in [-0.1, -0.05) is 41.4 Å². The van der Waals surface area contributed by atoms with Gasteiger partial charge in [-0.05, 0) is 61.9 Å². The van der Waals surface area contributed by atoms with Gasteiger partial charge < -0.3 is 10.1 Å². The summed E-state index contributed by atoms with van der Waals surface area (Å²) < 4.78 is 7.34. The number of ether oxygens (including phenoxy) is 1. The molecule has 4 rings (SSSR count). The summed E-state index contributed by atoms with van der Waals surface area (Å²) in [6.45, 7) is 3.84. The predicted molar refractivity (Wildman–Crippen MR) is 131 cm³/mol. The highest BCUT2D eigenvalue weighted by Crippen LogP contribution is 2.27. The second-order valence-corrected chi connectivity index (χ2v) is 8.01. The molecule has 0 aliphatic carbocycles. The van der Waals surface area contributed by atoms with Crippen LogP contribution in [0.5, 0.6) is 11.6 Å². The first-order valence-electron chi connectivity index (χ1n) is 10.3. The van der Waals surface area contributed by atoms with Crippen LogP contribution in [0.4, 0.5) is 5.69 Å². The average Bonchev–Trinajstić information content (AvgIpc) is 2.81. The van der Waals surface area contributed by atoms with Crippen LogP contribution in [0.3, 0.4) is 0 Å². The SMILES string of the molecule is Cc1ccc(Oc2nc3ccccn3c(=O)c2/C=C(/C#N)C(=O)Nc2cccc(Cl)c2)c(C)c1. The van der Waals surface area contributed by atoms with Crippen LogP contribution < -0.4 is 15.6 Å². The van der Waals surface area contributed by atoms with Crippen LogP contribution in [-0.2, 0) is 4.79 Å². The highest BCUT2D eigenvalue weighted by Gasteiger charge is 2.18. The Morgan fingerprint density at radius 2 is 1.97 bits per heavy atom. The van der Waals surface area contributed by atoms with Gasteiger partial charge in [0.15, 0.2) is 0 Å². The largest absolute Gasteiger partial charge is 0.438 e. The molecule has 2 aromatic carbocycles. The number of nitrogens with zero attached hydrogens (tertiary/aromatic N) is 3. The van der Waals surface area contributed by atoms with E-state index in [0.29, 0.717) is 22.1 Å². The number of amides is 1. The van der Waals surface area contributed by atoms with Crippen LogP contribution in [0.1, 0.15) is 16.7 Å². The standard InChI is InChI=1S/C26H19ClN4O3/c1-16-9-10-22(17(2)12-16)34-25-21(26(33)31-11-4-3-8-23(31)30-25)13-18(15-28)24(32)29-20-7-5-6-19(27)14-20/h3-14H,1-2H3,(H,29,32)/b18-13-. The topological polar surface area (TPSA) is 96.5 Å². The van der Waals surface area contributed by atoms with E-state index in [-0.39, 0.29) is 17.0 Å². The minimum absolute atomic E-state index is 0.00791. The van der Waals surface area contributed by atoms with Crippen molar-refractivity contribution in [3.8, 4) is 17.7 Å². The fourth-order valence-corrected chi connectivity index (χ4v) is 3.55. The van der Waals surface area contributed by atoms with Gasteiger partial charge in [0.05, 0.1) is 0 Å². The molecule has 0 atom stereocenters. The number of anilines is 1. The van der Waals surface area contributed by atoms with E-state index in [1.165, 1.54) is 10.5 Å². The summed E-state index contributed by atoms with van der Waals surface area (Å²) in [5, 5.41) is 12.7. The number of fused-ring (bicyclic) bond motifs is 1. The molecule has 0 radical (unpaired) electrons. The Labute approximate surface area is 200 Å². The van der Waals surface area contributed by atoms with Gasteiger partial charge in [0.1, 0.15) is 28.6 Å². The zero-order valence-corrected chi connectivity index (χ0v) is 19.1. The molecular formula is C26H19ClN4O3. The maximum Gasteiger partial charge on any atom is 0.269 e. The summed E-state index contributed by atoms with van der Waals surface area (Å²) in [4.78, 5) is 30.6. The first kappa shape index (κ1) is 22.8. The molecule has 4 aromatic rings. The van der Waals surface area contributed by atoms with Gasteiger partial charge in [-0.2, -0.15) is 10.2 Å². The normalized spacial score (nSPS) is 11.2. The minimum Gasteiger partial charge on any atom is -0.438 e. The van der Waals surface area contributed by atoms with E-state index in [0.717, 1.165) is 11.1 Å². The van der Waals surface area contributed by atoms with Gasteiger partial charge in [-0.25, -0.2) is 0 Å². The van der Waals surface area contributed by atoms with Crippen molar-refractivity contribution in [3.63, 3.8) is 0 Å². The van der Waals surface area contributed by atoms with Crippen molar-refractivity contribution in [1.82, 2.24) is 9.38 Å². The van der Waals surface area contributed by atoms with E-state index < -0.39 is 11.5 Å². The lowest BCUT2D eigenvalue weighted by Crippen LogP contribution is -2.20. The van der Waals surface area contributed by atoms with Crippen molar-refractivity contribution >= 4 is 34.9 Å². The fraction of sp³-hybridized carbons (Fsp3) is 0.0769. The summed E-state index contributed by atoms with van der Waals surface area (Å²) in [5.74, 6) is -0.194. The van der Waals surface area contributed by atoms with Crippen molar-refractivity contribution in [2.45, 2.75) is 13.8 Å². The Balaban J connectivity index is 1.82. The number of hydrogen-bond acceptors (Lipinski definition) is 5. The number of aryl methyl sites for hydroxylation is 2. The molecule has 0 saturated heterocycles. The maximum absolute atomic E-state index is 13.3. The highest BCUT2D eigenvalue weighted by molar-refractivity contribution is 6.31. The molecule has 34 heavy (non-hydrogen) atoms. The molecule has 2 heterocycles. The molecule has 0 fully saturated rings. The molecule has 0 spiro atoms. The third kappa shape index (κ3) is 4.82. The third-order valence-electron chi connectivity index (χ3n) is 5.01. The summed E-state index contributed by atoms with van der Waals surface area (Å²) in [5.41, 5.74) is 1.89. The number of nitrogens with one attached hydrogen (secondary N) is 1. The third-order valence-corrected chi connectivity index (χ3v) is 5.24. The van der Waals surface area contributed by atoms with Crippen molar-refractivity contribution in [3.05, 3.63) is 105 Å². The van der Waals surface area contributed by atoms with E-state index in [1.54, 1.807) is 54.7 Å². The number of carbonyl (C=O) groups excluding carboxylic acids is 1. The Hall–Kier alpha value is -4.41. The van der Waals surface area contributed by atoms with Gasteiger partial charge in [0, 0.05) is 16.9 Å². The number of carbonyl (C=O) groups is 1. The molecular weight excluding hydrogens is 452 g/mol. The Morgan fingerprint density at radius 3 is 2.71 bits per heavy atom. The van der Waals surface area contributed by atoms with Crippen molar-refractivity contribution in [2.24, 2.45) is 0 Å². The molecule has 0 unspecified atom stereocenters. The molecule has 7 nitrogen and oxygen atoms in total. The van der Waals surface area contributed by atoms with E-state index in [2.05, 4.69) is 10.3 Å².